The van der Waals surface area contributed by atoms with Gasteiger partial charge in [0.25, 0.3) is 0 Å². The fourth-order valence-electron chi connectivity index (χ4n) is 5.15. The van der Waals surface area contributed by atoms with Crippen molar-refractivity contribution in [3.8, 4) is 39.4 Å². The molecule has 0 spiro atoms. The van der Waals surface area contributed by atoms with Gasteiger partial charge in [-0.2, -0.15) is 5.10 Å². The van der Waals surface area contributed by atoms with Crippen molar-refractivity contribution >= 4 is 5.65 Å². The van der Waals surface area contributed by atoms with Gasteiger partial charge in [0.1, 0.15) is 5.75 Å². The molecule has 0 aliphatic heterocycles. The number of rotatable bonds is 6. The number of H-pyrrole nitrogens is 1. The quantitative estimate of drug-likeness (QED) is 0.346. The summed E-state index contributed by atoms with van der Waals surface area (Å²) in [5.74, 6) is 1.90. The molecule has 3 aromatic heterocycles. The number of aromatic amines is 1. The topological polar surface area (TPSA) is 93.9 Å². The van der Waals surface area contributed by atoms with Crippen LogP contribution in [0.4, 0.5) is 0 Å². The minimum Gasteiger partial charge on any atom is -0.494 e. The van der Waals surface area contributed by atoms with Crippen molar-refractivity contribution in [2.24, 2.45) is 0 Å². The second kappa shape index (κ2) is 9.29. The molecule has 0 unspecified atom stereocenters. The summed E-state index contributed by atoms with van der Waals surface area (Å²) in [6, 6.07) is 16.9. The van der Waals surface area contributed by atoms with Gasteiger partial charge in [0.05, 0.1) is 24.1 Å². The first kappa shape index (κ1) is 21.5. The van der Waals surface area contributed by atoms with Gasteiger partial charge in [-0.1, -0.05) is 55.7 Å². The monoisotopic (exact) mass is 465 g/mol. The van der Waals surface area contributed by atoms with Crippen molar-refractivity contribution in [3.63, 3.8) is 0 Å². The molecule has 5 aromatic rings. The highest BCUT2D eigenvalue weighted by Gasteiger charge is 2.25. The first-order valence-electron chi connectivity index (χ1n) is 12.3. The van der Waals surface area contributed by atoms with E-state index in [-0.39, 0.29) is 0 Å². The average Bonchev–Trinajstić information content (AvgIpc) is 3.59. The Morgan fingerprint density at radius 1 is 0.943 bits per heavy atom. The third-order valence-corrected chi connectivity index (χ3v) is 6.83. The van der Waals surface area contributed by atoms with E-state index in [2.05, 4.69) is 57.0 Å². The Morgan fingerprint density at radius 2 is 1.77 bits per heavy atom. The van der Waals surface area contributed by atoms with E-state index in [4.69, 9.17) is 14.8 Å². The third kappa shape index (κ3) is 4.05. The molecule has 1 N–H and O–H groups in total. The number of aromatic nitrogens is 7. The number of hydrogen-bond acceptors (Lipinski definition) is 6. The van der Waals surface area contributed by atoms with E-state index in [1.54, 1.807) is 6.20 Å². The first-order chi connectivity index (χ1) is 17.3. The lowest BCUT2D eigenvalue weighted by Gasteiger charge is -2.25. The zero-order chi connectivity index (χ0) is 23.6. The van der Waals surface area contributed by atoms with Gasteiger partial charge < -0.3 is 4.74 Å². The van der Waals surface area contributed by atoms with E-state index >= 15 is 0 Å². The summed E-state index contributed by atoms with van der Waals surface area (Å²) in [5.41, 5.74) is 7.37. The second-order valence-electron chi connectivity index (χ2n) is 8.97. The molecule has 0 saturated heterocycles. The van der Waals surface area contributed by atoms with Crippen LogP contribution in [0.3, 0.4) is 0 Å². The minimum atomic E-state index is 0.437. The number of nitrogens with one attached hydrogen (secondary N) is 1. The summed E-state index contributed by atoms with van der Waals surface area (Å²) in [6.45, 7) is 2.66. The zero-order valence-corrected chi connectivity index (χ0v) is 19.7. The molecule has 176 valence electrons. The maximum absolute atomic E-state index is 5.68. The lowest BCUT2D eigenvalue weighted by molar-refractivity contribution is 0.340. The van der Waals surface area contributed by atoms with Gasteiger partial charge in [0.2, 0.25) is 0 Å². The van der Waals surface area contributed by atoms with Crippen LogP contribution in [0.5, 0.6) is 5.75 Å². The molecule has 1 aliphatic rings. The molecule has 0 amide bonds. The molecule has 0 radical (unpaired) electrons. The number of fused-ring (bicyclic) bond motifs is 1. The van der Waals surface area contributed by atoms with Crippen LogP contribution in [0.1, 0.15) is 50.6 Å². The van der Waals surface area contributed by atoms with Gasteiger partial charge in [0.15, 0.2) is 11.5 Å². The Labute approximate surface area is 203 Å². The highest BCUT2D eigenvalue weighted by Crippen LogP contribution is 2.39. The van der Waals surface area contributed by atoms with Crippen LogP contribution in [0.25, 0.3) is 39.3 Å². The van der Waals surface area contributed by atoms with Crippen molar-refractivity contribution in [1.82, 2.24) is 35.2 Å². The van der Waals surface area contributed by atoms with E-state index < -0.39 is 0 Å². The molecule has 6 rings (SSSR count). The lowest BCUT2D eigenvalue weighted by Crippen LogP contribution is -2.12. The van der Waals surface area contributed by atoms with Crippen molar-refractivity contribution in [1.29, 1.82) is 0 Å². The minimum absolute atomic E-state index is 0.437. The van der Waals surface area contributed by atoms with Gasteiger partial charge in [-0.15, -0.1) is 5.10 Å². The third-order valence-electron chi connectivity index (χ3n) is 6.83. The zero-order valence-electron chi connectivity index (χ0n) is 19.7. The summed E-state index contributed by atoms with van der Waals surface area (Å²) < 4.78 is 7.68. The SMILES string of the molecule is CCOc1cccc(-c2ccc(-c3cnc4c(-c5nnn[nH]5)cnn4c3C3CCCCC3)cc2)c1. The molecule has 3 heterocycles. The van der Waals surface area contributed by atoms with E-state index in [1.807, 2.05) is 29.8 Å². The number of ether oxygens (including phenoxy) is 1. The summed E-state index contributed by atoms with van der Waals surface area (Å²) in [6.07, 6.45) is 9.88. The fraction of sp³-hybridized carbons (Fsp3) is 0.296. The Bertz CT molecular complexity index is 1430. The molecule has 2 aromatic carbocycles. The van der Waals surface area contributed by atoms with E-state index in [0.717, 1.165) is 52.1 Å². The maximum Gasteiger partial charge on any atom is 0.184 e. The molecule has 8 nitrogen and oxygen atoms in total. The molecular formula is C27H27N7O. The number of benzene rings is 2. The molecule has 35 heavy (non-hydrogen) atoms. The largest absolute Gasteiger partial charge is 0.494 e. The van der Waals surface area contributed by atoms with Gasteiger partial charge in [0, 0.05) is 17.7 Å². The normalized spacial score (nSPS) is 14.4. The van der Waals surface area contributed by atoms with Crippen LogP contribution >= 0.6 is 0 Å². The summed E-state index contributed by atoms with van der Waals surface area (Å²) in [7, 11) is 0. The van der Waals surface area contributed by atoms with Crippen LogP contribution in [0.15, 0.2) is 60.9 Å². The van der Waals surface area contributed by atoms with Crippen molar-refractivity contribution in [2.75, 3.05) is 6.61 Å². The fourth-order valence-corrected chi connectivity index (χ4v) is 5.15. The van der Waals surface area contributed by atoms with Gasteiger partial charge in [-0.3, -0.25) is 0 Å². The Kier molecular flexibility index (Phi) is 5.70. The van der Waals surface area contributed by atoms with Crippen molar-refractivity contribution in [3.05, 3.63) is 66.6 Å². The number of tetrazole rings is 1. The Morgan fingerprint density at radius 3 is 2.54 bits per heavy atom. The van der Waals surface area contributed by atoms with Gasteiger partial charge in [-0.25, -0.2) is 14.6 Å². The lowest BCUT2D eigenvalue weighted by atomic mass is 9.84. The predicted molar refractivity (Wildman–Crippen MR) is 134 cm³/mol. The second-order valence-corrected chi connectivity index (χ2v) is 8.97. The van der Waals surface area contributed by atoms with Crippen molar-refractivity contribution < 1.29 is 4.74 Å². The smallest absolute Gasteiger partial charge is 0.184 e. The molecular weight excluding hydrogens is 438 g/mol. The van der Waals surface area contributed by atoms with Gasteiger partial charge >= 0.3 is 0 Å². The van der Waals surface area contributed by atoms with Crippen LogP contribution in [-0.4, -0.2) is 41.8 Å². The predicted octanol–water partition coefficient (Wildman–Crippen LogP) is 5.69. The standard InChI is InChI=1S/C27H27N7O/c1-2-35-22-10-6-9-21(15-22)18-11-13-19(14-12-18)23-16-28-27-24(26-30-32-33-31-26)17-29-34(27)25(23)20-7-4-3-5-8-20/h6,9-17,20H,2-5,7-8H2,1H3,(H,30,31,32,33). The summed E-state index contributed by atoms with van der Waals surface area (Å²) in [4.78, 5) is 4.81. The Balaban J connectivity index is 1.43. The molecule has 1 aliphatic carbocycles. The van der Waals surface area contributed by atoms with Crippen LogP contribution in [-0.2, 0) is 0 Å². The number of hydrogen-bond donors (Lipinski definition) is 1. The summed E-state index contributed by atoms with van der Waals surface area (Å²) in [5, 5.41) is 19.1. The first-order valence-corrected chi connectivity index (χ1v) is 12.3. The van der Waals surface area contributed by atoms with Crippen molar-refractivity contribution in [2.45, 2.75) is 44.9 Å². The van der Waals surface area contributed by atoms with Crippen LogP contribution < -0.4 is 4.74 Å². The summed E-state index contributed by atoms with van der Waals surface area (Å²) >= 11 is 0. The van der Waals surface area contributed by atoms with E-state index in [9.17, 15) is 0 Å². The highest BCUT2D eigenvalue weighted by molar-refractivity contribution is 5.76. The molecule has 0 bridgehead atoms. The average molecular weight is 466 g/mol. The molecule has 1 fully saturated rings. The highest BCUT2D eigenvalue weighted by atomic mass is 16.5. The Hall–Kier alpha value is -4.07. The molecule has 8 heteroatoms. The van der Waals surface area contributed by atoms with E-state index in [0.29, 0.717) is 18.3 Å². The number of nitrogens with zero attached hydrogens (tertiary/aromatic N) is 6. The van der Waals surface area contributed by atoms with Gasteiger partial charge in [-0.05, 0) is 59.0 Å². The van der Waals surface area contributed by atoms with E-state index in [1.165, 1.54) is 25.0 Å². The van der Waals surface area contributed by atoms with Crippen LogP contribution in [0.2, 0.25) is 0 Å². The molecule has 0 atom stereocenters. The van der Waals surface area contributed by atoms with Crippen LogP contribution in [0, 0.1) is 0 Å². The maximum atomic E-state index is 5.68. The molecule has 1 saturated carbocycles.